The molecule has 1 heterocycles. The van der Waals surface area contributed by atoms with Gasteiger partial charge in [0.25, 0.3) is 10.0 Å². The molecule has 1 aliphatic carbocycles. The number of aryl methyl sites for hydroxylation is 2. The van der Waals surface area contributed by atoms with Crippen LogP contribution in [0.1, 0.15) is 50.1 Å². The van der Waals surface area contributed by atoms with Crippen LogP contribution >= 0.6 is 0 Å². The molecule has 0 saturated heterocycles. The van der Waals surface area contributed by atoms with Crippen LogP contribution in [-0.4, -0.2) is 25.5 Å². The number of nitrogens with zero attached hydrogens (tertiary/aromatic N) is 1. The molecule has 1 fully saturated rings. The number of sulfonamides is 1. The van der Waals surface area contributed by atoms with E-state index in [0.717, 1.165) is 24.8 Å². The number of benzene rings is 1. The van der Waals surface area contributed by atoms with Crippen molar-refractivity contribution < 1.29 is 17.7 Å². The molecular weight excluding hydrogens is 366 g/mol. The maximum atomic E-state index is 12.6. The highest BCUT2D eigenvalue weighted by Crippen LogP contribution is 2.48. The van der Waals surface area contributed by atoms with Gasteiger partial charge in [-0.3, -0.25) is 9.52 Å². The molecule has 1 atom stereocenters. The van der Waals surface area contributed by atoms with E-state index in [1.165, 1.54) is 0 Å². The zero-order valence-corrected chi connectivity index (χ0v) is 16.8. The van der Waals surface area contributed by atoms with Crippen molar-refractivity contribution in [3.05, 3.63) is 41.3 Å². The summed E-state index contributed by atoms with van der Waals surface area (Å²) in [6.45, 7) is 7.16. The summed E-state index contributed by atoms with van der Waals surface area (Å²) in [7, 11) is -3.79. The lowest BCUT2D eigenvalue weighted by Gasteiger charge is -2.19. The van der Waals surface area contributed by atoms with Gasteiger partial charge in [-0.15, -0.1) is 0 Å². The third kappa shape index (κ3) is 3.71. The van der Waals surface area contributed by atoms with Gasteiger partial charge in [-0.05, 0) is 57.7 Å². The van der Waals surface area contributed by atoms with Crippen molar-refractivity contribution in [3.8, 4) is 0 Å². The standard InChI is InChI=1S/C19H25N3O4S/c1-5-12(2)20-18(23)19(10-11-19)15-6-8-16(9-7-15)22-27(24,25)17-13(3)21-26-14(17)4/h6-9,12,22H,5,10-11H2,1-4H3,(H,20,23)/t12-/m1/s1. The smallest absolute Gasteiger partial charge is 0.267 e. The van der Waals surface area contributed by atoms with Crippen molar-refractivity contribution in [2.75, 3.05) is 4.72 Å². The molecule has 3 rings (SSSR count). The number of amides is 1. The van der Waals surface area contributed by atoms with E-state index in [4.69, 9.17) is 4.52 Å². The molecule has 1 aromatic heterocycles. The third-order valence-electron chi connectivity index (χ3n) is 5.10. The van der Waals surface area contributed by atoms with Crippen LogP contribution in [0.5, 0.6) is 0 Å². The molecule has 27 heavy (non-hydrogen) atoms. The summed E-state index contributed by atoms with van der Waals surface area (Å²) in [6.07, 6.45) is 2.49. The fourth-order valence-electron chi connectivity index (χ4n) is 3.16. The van der Waals surface area contributed by atoms with E-state index in [2.05, 4.69) is 15.2 Å². The average Bonchev–Trinajstić information content (AvgIpc) is 3.35. The fourth-order valence-corrected chi connectivity index (χ4v) is 4.55. The van der Waals surface area contributed by atoms with Crippen LogP contribution < -0.4 is 10.0 Å². The Morgan fingerprint density at radius 2 is 1.89 bits per heavy atom. The maximum Gasteiger partial charge on any atom is 0.267 e. The summed E-state index contributed by atoms with van der Waals surface area (Å²) < 4.78 is 32.7. The zero-order chi connectivity index (χ0) is 19.8. The van der Waals surface area contributed by atoms with Crippen molar-refractivity contribution in [2.45, 2.75) is 63.3 Å². The number of rotatable bonds is 7. The van der Waals surface area contributed by atoms with E-state index < -0.39 is 15.4 Å². The summed E-state index contributed by atoms with van der Waals surface area (Å²) in [4.78, 5) is 12.7. The molecule has 0 spiro atoms. The summed E-state index contributed by atoms with van der Waals surface area (Å²) in [6, 6.07) is 7.13. The van der Waals surface area contributed by atoms with Crippen LogP contribution in [-0.2, 0) is 20.2 Å². The lowest BCUT2D eigenvalue weighted by molar-refractivity contribution is -0.124. The predicted octanol–water partition coefficient (Wildman–Crippen LogP) is 3.04. The Morgan fingerprint density at radius 1 is 1.26 bits per heavy atom. The summed E-state index contributed by atoms with van der Waals surface area (Å²) in [5.41, 5.74) is 1.17. The quantitative estimate of drug-likeness (QED) is 0.755. The van der Waals surface area contributed by atoms with Crippen LogP contribution in [0.3, 0.4) is 0 Å². The molecule has 0 bridgehead atoms. The van der Waals surface area contributed by atoms with E-state index in [9.17, 15) is 13.2 Å². The molecule has 0 unspecified atom stereocenters. The minimum Gasteiger partial charge on any atom is -0.360 e. The topological polar surface area (TPSA) is 101 Å². The third-order valence-corrected chi connectivity index (χ3v) is 6.73. The Balaban J connectivity index is 1.77. The molecule has 1 amide bonds. The number of hydrogen-bond acceptors (Lipinski definition) is 5. The van der Waals surface area contributed by atoms with E-state index in [-0.39, 0.29) is 22.6 Å². The van der Waals surface area contributed by atoms with E-state index in [0.29, 0.717) is 11.4 Å². The van der Waals surface area contributed by atoms with Crippen LogP contribution in [0.25, 0.3) is 0 Å². The molecular formula is C19H25N3O4S. The number of carbonyl (C=O) groups is 1. The second-order valence-corrected chi connectivity index (χ2v) is 8.82. The van der Waals surface area contributed by atoms with Crippen molar-refractivity contribution in [1.82, 2.24) is 10.5 Å². The second kappa shape index (κ2) is 6.99. The van der Waals surface area contributed by atoms with Crippen LogP contribution in [0.4, 0.5) is 5.69 Å². The van der Waals surface area contributed by atoms with Crippen molar-refractivity contribution in [2.24, 2.45) is 0 Å². The van der Waals surface area contributed by atoms with E-state index in [1.807, 2.05) is 26.0 Å². The van der Waals surface area contributed by atoms with Crippen molar-refractivity contribution >= 4 is 21.6 Å². The van der Waals surface area contributed by atoms with Gasteiger partial charge >= 0.3 is 0 Å². The molecule has 2 aromatic rings. The second-order valence-electron chi connectivity index (χ2n) is 7.20. The van der Waals surface area contributed by atoms with Gasteiger partial charge in [-0.25, -0.2) is 8.42 Å². The Labute approximate surface area is 159 Å². The molecule has 0 radical (unpaired) electrons. The highest BCUT2D eigenvalue weighted by Gasteiger charge is 2.51. The largest absolute Gasteiger partial charge is 0.360 e. The van der Waals surface area contributed by atoms with Gasteiger partial charge in [0, 0.05) is 11.7 Å². The summed E-state index contributed by atoms with van der Waals surface area (Å²) in [5, 5.41) is 6.74. The first-order chi connectivity index (χ1) is 12.7. The SMILES string of the molecule is CC[C@@H](C)NC(=O)C1(c2ccc(NS(=O)(=O)c3c(C)noc3C)cc2)CC1. The predicted molar refractivity (Wildman–Crippen MR) is 102 cm³/mol. The van der Waals surface area contributed by atoms with Gasteiger partial charge in [0.05, 0.1) is 5.41 Å². The zero-order valence-electron chi connectivity index (χ0n) is 16.0. The van der Waals surface area contributed by atoms with Gasteiger partial charge in [0.1, 0.15) is 5.69 Å². The molecule has 1 aliphatic rings. The molecule has 7 nitrogen and oxygen atoms in total. The van der Waals surface area contributed by atoms with Crippen LogP contribution in [0, 0.1) is 13.8 Å². The van der Waals surface area contributed by atoms with Crippen molar-refractivity contribution in [1.29, 1.82) is 0 Å². The first kappa shape index (κ1) is 19.4. The Morgan fingerprint density at radius 3 is 2.37 bits per heavy atom. The molecule has 0 aliphatic heterocycles. The minimum atomic E-state index is -3.79. The van der Waals surface area contributed by atoms with Crippen LogP contribution in [0.15, 0.2) is 33.7 Å². The van der Waals surface area contributed by atoms with E-state index in [1.54, 1.807) is 26.0 Å². The summed E-state index contributed by atoms with van der Waals surface area (Å²) in [5.74, 6) is 0.288. The minimum absolute atomic E-state index is 0.0425. The first-order valence-electron chi connectivity index (χ1n) is 9.07. The normalized spacial score (nSPS) is 16.6. The number of nitrogens with one attached hydrogen (secondary N) is 2. The van der Waals surface area contributed by atoms with Crippen LogP contribution in [0.2, 0.25) is 0 Å². The Kier molecular flexibility index (Phi) is 5.03. The van der Waals surface area contributed by atoms with Crippen molar-refractivity contribution in [3.63, 3.8) is 0 Å². The monoisotopic (exact) mass is 391 g/mol. The fraction of sp³-hybridized carbons (Fsp3) is 0.474. The molecule has 1 saturated carbocycles. The van der Waals surface area contributed by atoms with Gasteiger partial charge in [-0.1, -0.05) is 24.2 Å². The number of hydrogen-bond donors (Lipinski definition) is 2. The average molecular weight is 391 g/mol. The Hall–Kier alpha value is -2.35. The number of carbonyl (C=O) groups excluding carboxylic acids is 1. The lowest BCUT2D eigenvalue weighted by atomic mass is 9.94. The molecule has 8 heteroatoms. The lowest BCUT2D eigenvalue weighted by Crippen LogP contribution is -2.39. The van der Waals surface area contributed by atoms with Gasteiger partial charge in [-0.2, -0.15) is 0 Å². The van der Waals surface area contributed by atoms with E-state index >= 15 is 0 Å². The van der Waals surface area contributed by atoms with Gasteiger partial charge < -0.3 is 9.84 Å². The van der Waals surface area contributed by atoms with Gasteiger partial charge in [0.2, 0.25) is 5.91 Å². The maximum absolute atomic E-state index is 12.6. The summed E-state index contributed by atoms with van der Waals surface area (Å²) >= 11 is 0. The Bertz CT molecular complexity index is 924. The van der Waals surface area contributed by atoms with Gasteiger partial charge in [0.15, 0.2) is 10.7 Å². The number of aromatic nitrogens is 1. The first-order valence-corrected chi connectivity index (χ1v) is 10.5. The molecule has 1 aromatic carbocycles. The number of anilines is 1. The highest BCUT2D eigenvalue weighted by molar-refractivity contribution is 7.92. The highest BCUT2D eigenvalue weighted by atomic mass is 32.2. The molecule has 2 N–H and O–H groups in total. The molecule has 146 valence electrons.